The van der Waals surface area contributed by atoms with Gasteiger partial charge in [0, 0.05) is 34.8 Å². The fraction of sp³-hybridized carbons (Fsp3) is 0.167. The van der Waals surface area contributed by atoms with E-state index in [-0.39, 0.29) is 5.91 Å². The lowest BCUT2D eigenvalue weighted by Gasteiger charge is -2.01. The molecule has 5 nitrogen and oxygen atoms in total. The zero-order valence-corrected chi connectivity index (χ0v) is 15.2. The maximum absolute atomic E-state index is 12.3. The van der Waals surface area contributed by atoms with E-state index in [2.05, 4.69) is 27.4 Å². The molecule has 0 aliphatic rings. The highest BCUT2D eigenvalue weighted by Gasteiger charge is 2.12. The number of amides is 1. The molecule has 1 amide bonds. The first-order chi connectivity index (χ1) is 12.2. The van der Waals surface area contributed by atoms with Crippen molar-refractivity contribution >= 4 is 38.7 Å². The van der Waals surface area contributed by atoms with Crippen molar-refractivity contribution in [2.24, 2.45) is 0 Å². The molecule has 0 spiro atoms. The van der Waals surface area contributed by atoms with Crippen LogP contribution in [0.5, 0.6) is 0 Å². The third-order valence-corrected chi connectivity index (χ3v) is 5.57. The number of aryl methyl sites for hydroxylation is 1. The largest absolute Gasteiger partial charge is 0.302 e. The molecule has 0 saturated carbocycles. The maximum Gasteiger partial charge on any atom is 0.232 e. The summed E-state index contributed by atoms with van der Waals surface area (Å²) in [4.78, 5) is 23.1. The Balaban J connectivity index is 1.41. The number of rotatable bonds is 5. The third kappa shape index (κ3) is 3.62. The molecule has 0 radical (unpaired) electrons. The lowest BCUT2D eigenvalue weighted by atomic mass is 10.1. The van der Waals surface area contributed by atoms with E-state index in [0.717, 1.165) is 27.6 Å². The molecule has 126 valence electrons. The van der Waals surface area contributed by atoms with Gasteiger partial charge in [-0.25, -0.2) is 9.97 Å². The van der Waals surface area contributed by atoms with Crippen LogP contribution in [0.2, 0.25) is 0 Å². The Kier molecular flexibility index (Phi) is 4.33. The summed E-state index contributed by atoms with van der Waals surface area (Å²) in [7, 11) is 0. The number of thiazole rings is 2. The van der Waals surface area contributed by atoms with E-state index >= 15 is 0 Å². The second-order valence-electron chi connectivity index (χ2n) is 5.78. The van der Waals surface area contributed by atoms with Gasteiger partial charge >= 0.3 is 0 Å². The predicted octanol–water partition coefficient (Wildman–Crippen LogP) is 3.93. The number of anilines is 1. The minimum absolute atomic E-state index is 0.0633. The van der Waals surface area contributed by atoms with E-state index in [9.17, 15) is 4.79 Å². The molecule has 0 bridgehead atoms. The smallest absolute Gasteiger partial charge is 0.232 e. The van der Waals surface area contributed by atoms with Gasteiger partial charge < -0.3 is 5.32 Å². The zero-order valence-electron chi connectivity index (χ0n) is 13.6. The third-order valence-electron chi connectivity index (χ3n) is 3.77. The topological polar surface area (TPSA) is 59.3 Å². The minimum atomic E-state index is -0.0633. The number of carbonyl (C=O) groups is 1. The van der Waals surface area contributed by atoms with Crippen LogP contribution < -0.4 is 5.32 Å². The minimum Gasteiger partial charge on any atom is -0.302 e. The Labute approximate surface area is 153 Å². The molecular formula is C18H16N4OS2. The highest BCUT2D eigenvalue weighted by atomic mass is 32.1. The maximum atomic E-state index is 12.3. The standard InChI is InChI=1S/C18H16N4OS2/c1-12-10-22-14(11-24-18(22)20-12)8-16(23)21-17-19-9-15(25-17)7-13-5-3-2-4-6-13/h2-6,9-11H,7-8H2,1H3,(H,19,21,23). The lowest BCUT2D eigenvalue weighted by molar-refractivity contribution is -0.115. The van der Waals surface area contributed by atoms with Gasteiger partial charge in [-0.1, -0.05) is 30.3 Å². The molecule has 4 aromatic rings. The normalized spacial score (nSPS) is 11.1. The first kappa shape index (κ1) is 16.0. The molecule has 0 unspecified atom stereocenters. The first-order valence-electron chi connectivity index (χ1n) is 7.88. The summed E-state index contributed by atoms with van der Waals surface area (Å²) in [5.74, 6) is -0.0633. The van der Waals surface area contributed by atoms with Crippen LogP contribution in [0.4, 0.5) is 5.13 Å². The van der Waals surface area contributed by atoms with Crippen molar-refractivity contribution in [3.63, 3.8) is 0 Å². The van der Waals surface area contributed by atoms with Gasteiger partial charge in [0.2, 0.25) is 5.91 Å². The van der Waals surface area contributed by atoms with E-state index in [1.807, 2.05) is 47.3 Å². The van der Waals surface area contributed by atoms with Gasteiger partial charge in [-0.3, -0.25) is 9.20 Å². The monoisotopic (exact) mass is 368 g/mol. The number of benzene rings is 1. The molecule has 4 rings (SSSR count). The van der Waals surface area contributed by atoms with Gasteiger partial charge in [0.05, 0.1) is 12.1 Å². The molecule has 0 atom stereocenters. The number of nitrogens with zero attached hydrogens (tertiary/aromatic N) is 3. The highest BCUT2D eigenvalue weighted by Crippen LogP contribution is 2.22. The van der Waals surface area contributed by atoms with Crippen LogP contribution in [0.15, 0.2) is 48.1 Å². The van der Waals surface area contributed by atoms with Crippen molar-refractivity contribution in [1.82, 2.24) is 14.4 Å². The average Bonchev–Trinajstić information content (AvgIpc) is 3.27. The lowest BCUT2D eigenvalue weighted by Crippen LogP contribution is -2.15. The number of hydrogen-bond donors (Lipinski definition) is 1. The summed E-state index contributed by atoms with van der Waals surface area (Å²) in [6.45, 7) is 1.95. The number of imidazole rings is 1. The zero-order chi connectivity index (χ0) is 17.2. The molecule has 0 aliphatic heterocycles. The number of carbonyl (C=O) groups excluding carboxylic acids is 1. The van der Waals surface area contributed by atoms with Crippen molar-refractivity contribution in [3.8, 4) is 0 Å². The van der Waals surface area contributed by atoms with Crippen LogP contribution in [0.25, 0.3) is 4.96 Å². The Bertz CT molecular complexity index is 1020. The number of nitrogens with one attached hydrogen (secondary N) is 1. The molecule has 0 fully saturated rings. The highest BCUT2D eigenvalue weighted by molar-refractivity contribution is 7.15. The summed E-state index contributed by atoms with van der Waals surface area (Å²) in [5, 5.41) is 5.52. The Morgan fingerprint density at radius 3 is 2.96 bits per heavy atom. The summed E-state index contributed by atoms with van der Waals surface area (Å²) < 4.78 is 1.97. The van der Waals surface area contributed by atoms with E-state index in [1.165, 1.54) is 16.9 Å². The van der Waals surface area contributed by atoms with Crippen LogP contribution in [0.1, 0.15) is 21.8 Å². The van der Waals surface area contributed by atoms with Gasteiger partial charge in [0.25, 0.3) is 0 Å². The van der Waals surface area contributed by atoms with E-state index < -0.39 is 0 Å². The summed E-state index contributed by atoms with van der Waals surface area (Å²) >= 11 is 3.06. The Hall–Kier alpha value is -2.51. The van der Waals surface area contributed by atoms with Gasteiger partial charge in [-0.2, -0.15) is 0 Å². The molecule has 0 aliphatic carbocycles. The van der Waals surface area contributed by atoms with E-state index in [0.29, 0.717) is 11.6 Å². The van der Waals surface area contributed by atoms with Gasteiger partial charge in [-0.05, 0) is 12.5 Å². The molecule has 1 aromatic carbocycles. The molecule has 3 heterocycles. The van der Waals surface area contributed by atoms with E-state index in [4.69, 9.17) is 0 Å². The number of hydrogen-bond acceptors (Lipinski definition) is 5. The summed E-state index contributed by atoms with van der Waals surface area (Å²) in [5.41, 5.74) is 3.14. The molecule has 3 aromatic heterocycles. The molecule has 25 heavy (non-hydrogen) atoms. The van der Waals surface area contributed by atoms with Gasteiger partial charge in [-0.15, -0.1) is 22.7 Å². The van der Waals surface area contributed by atoms with Crippen molar-refractivity contribution in [1.29, 1.82) is 0 Å². The molecule has 7 heteroatoms. The summed E-state index contributed by atoms with van der Waals surface area (Å²) in [6, 6.07) is 10.2. The molecular weight excluding hydrogens is 352 g/mol. The Morgan fingerprint density at radius 2 is 2.12 bits per heavy atom. The first-order valence-corrected chi connectivity index (χ1v) is 9.57. The molecule has 1 N–H and O–H groups in total. The second-order valence-corrected chi connectivity index (χ2v) is 7.73. The van der Waals surface area contributed by atoms with Crippen molar-refractivity contribution in [3.05, 3.63) is 69.9 Å². The predicted molar refractivity (Wildman–Crippen MR) is 102 cm³/mol. The number of fused-ring (bicyclic) bond motifs is 1. The second kappa shape index (κ2) is 6.78. The van der Waals surface area contributed by atoms with Crippen molar-refractivity contribution in [2.45, 2.75) is 19.8 Å². The van der Waals surface area contributed by atoms with Crippen LogP contribution in [0, 0.1) is 6.92 Å². The van der Waals surface area contributed by atoms with Crippen molar-refractivity contribution < 1.29 is 4.79 Å². The van der Waals surface area contributed by atoms with Crippen LogP contribution in [-0.4, -0.2) is 20.3 Å². The van der Waals surface area contributed by atoms with Crippen LogP contribution in [-0.2, 0) is 17.6 Å². The van der Waals surface area contributed by atoms with Gasteiger partial charge in [0.15, 0.2) is 10.1 Å². The fourth-order valence-electron chi connectivity index (χ4n) is 2.64. The fourth-order valence-corrected chi connectivity index (χ4v) is 4.42. The quantitative estimate of drug-likeness (QED) is 0.581. The SMILES string of the molecule is Cc1cn2c(CC(=O)Nc3ncc(Cc4ccccc4)s3)csc2n1. The van der Waals surface area contributed by atoms with E-state index in [1.54, 1.807) is 11.3 Å². The van der Waals surface area contributed by atoms with Gasteiger partial charge in [0.1, 0.15) is 0 Å². The Morgan fingerprint density at radius 1 is 1.28 bits per heavy atom. The molecule has 0 saturated heterocycles. The average molecular weight is 368 g/mol. The van der Waals surface area contributed by atoms with Crippen LogP contribution >= 0.6 is 22.7 Å². The summed E-state index contributed by atoms with van der Waals surface area (Å²) in [6.07, 6.45) is 4.92. The number of aromatic nitrogens is 3. The van der Waals surface area contributed by atoms with Crippen molar-refractivity contribution in [2.75, 3.05) is 5.32 Å². The van der Waals surface area contributed by atoms with Crippen LogP contribution in [0.3, 0.4) is 0 Å².